The molecule has 0 bridgehead atoms. The average molecular weight is 321 g/mol. The largest absolute Gasteiger partial charge is 0.366 e. The molecule has 9 heteroatoms. The summed E-state index contributed by atoms with van der Waals surface area (Å²) in [4.78, 5) is 20.6. The van der Waals surface area contributed by atoms with Gasteiger partial charge >= 0.3 is 0 Å². The van der Waals surface area contributed by atoms with Crippen LogP contribution in [-0.4, -0.2) is 19.2 Å². The Hall–Kier alpha value is -2.94. The number of para-hydroxylation sites is 1. The summed E-state index contributed by atoms with van der Waals surface area (Å²) < 4.78 is 26.7. The molecule has 0 aliphatic heterocycles. The first-order valence-electron chi connectivity index (χ1n) is 5.97. The third-order valence-electron chi connectivity index (χ3n) is 2.77. The molecule has 0 spiro atoms. The summed E-state index contributed by atoms with van der Waals surface area (Å²) in [6.45, 7) is 0. The SMILES string of the molecule is NC(=O)c1ccc(NS(=O)(=O)c2ccccc2[N+](=O)[O-])cc1. The number of primary amides is 1. The molecule has 0 aliphatic carbocycles. The van der Waals surface area contributed by atoms with Crippen molar-refractivity contribution in [1.29, 1.82) is 0 Å². The van der Waals surface area contributed by atoms with E-state index < -0.39 is 31.4 Å². The van der Waals surface area contributed by atoms with Gasteiger partial charge in [-0.15, -0.1) is 0 Å². The second-order valence-corrected chi connectivity index (χ2v) is 5.92. The van der Waals surface area contributed by atoms with Crippen LogP contribution in [0.25, 0.3) is 0 Å². The molecule has 0 atom stereocenters. The number of anilines is 1. The van der Waals surface area contributed by atoms with Crippen LogP contribution in [0.1, 0.15) is 10.4 Å². The van der Waals surface area contributed by atoms with Gasteiger partial charge in [0.2, 0.25) is 5.91 Å². The number of carbonyl (C=O) groups excluding carboxylic acids is 1. The van der Waals surface area contributed by atoms with Gasteiger partial charge in [0.1, 0.15) is 0 Å². The number of rotatable bonds is 5. The molecule has 0 aliphatic rings. The lowest BCUT2D eigenvalue weighted by Crippen LogP contribution is -2.15. The summed E-state index contributed by atoms with van der Waals surface area (Å²) >= 11 is 0. The van der Waals surface area contributed by atoms with Crippen molar-refractivity contribution in [3.05, 3.63) is 64.2 Å². The molecule has 3 N–H and O–H groups in total. The molecule has 2 aromatic carbocycles. The van der Waals surface area contributed by atoms with Crippen molar-refractivity contribution >= 4 is 27.3 Å². The Bertz CT molecular complexity index is 831. The number of nitro benzene ring substituents is 1. The van der Waals surface area contributed by atoms with Crippen LogP contribution in [0.3, 0.4) is 0 Å². The van der Waals surface area contributed by atoms with Crippen LogP contribution in [0.4, 0.5) is 11.4 Å². The minimum Gasteiger partial charge on any atom is -0.366 e. The van der Waals surface area contributed by atoms with Gasteiger partial charge in [-0.2, -0.15) is 0 Å². The molecule has 1 amide bonds. The van der Waals surface area contributed by atoms with E-state index in [1.54, 1.807) is 0 Å². The smallest absolute Gasteiger partial charge is 0.289 e. The van der Waals surface area contributed by atoms with Gasteiger partial charge in [0.05, 0.1) is 4.92 Å². The highest BCUT2D eigenvalue weighted by atomic mass is 32.2. The topological polar surface area (TPSA) is 132 Å². The minimum atomic E-state index is -4.13. The van der Waals surface area contributed by atoms with E-state index in [2.05, 4.69) is 4.72 Å². The van der Waals surface area contributed by atoms with Crippen molar-refractivity contribution in [3.8, 4) is 0 Å². The lowest BCUT2D eigenvalue weighted by molar-refractivity contribution is -0.387. The van der Waals surface area contributed by atoms with Gasteiger partial charge < -0.3 is 5.73 Å². The lowest BCUT2D eigenvalue weighted by Gasteiger charge is -2.08. The van der Waals surface area contributed by atoms with E-state index in [0.29, 0.717) is 0 Å². The van der Waals surface area contributed by atoms with E-state index >= 15 is 0 Å². The van der Waals surface area contributed by atoms with Gasteiger partial charge in [0, 0.05) is 17.3 Å². The highest BCUT2D eigenvalue weighted by Gasteiger charge is 2.25. The van der Waals surface area contributed by atoms with Gasteiger partial charge in [0.15, 0.2) is 4.90 Å². The van der Waals surface area contributed by atoms with E-state index in [1.165, 1.54) is 36.4 Å². The molecule has 0 saturated carbocycles. The molecule has 0 fully saturated rings. The van der Waals surface area contributed by atoms with E-state index in [-0.39, 0.29) is 11.3 Å². The maximum atomic E-state index is 12.2. The van der Waals surface area contributed by atoms with Crippen LogP contribution in [0, 0.1) is 10.1 Å². The molecule has 0 unspecified atom stereocenters. The van der Waals surface area contributed by atoms with Gasteiger partial charge in [-0.05, 0) is 30.3 Å². The van der Waals surface area contributed by atoms with Crippen molar-refractivity contribution in [2.24, 2.45) is 5.73 Å². The van der Waals surface area contributed by atoms with Crippen molar-refractivity contribution in [2.75, 3.05) is 4.72 Å². The van der Waals surface area contributed by atoms with Gasteiger partial charge in [-0.25, -0.2) is 8.42 Å². The number of carbonyl (C=O) groups is 1. The van der Waals surface area contributed by atoms with Gasteiger partial charge in [-0.3, -0.25) is 19.6 Å². The van der Waals surface area contributed by atoms with Crippen molar-refractivity contribution in [3.63, 3.8) is 0 Å². The summed E-state index contributed by atoms with van der Waals surface area (Å²) in [6, 6.07) is 10.4. The molecule has 114 valence electrons. The number of sulfonamides is 1. The highest BCUT2D eigenvalue weighted by molar-refractivity contribution is 7.92. The Morgan fingerprint density at radius 1 is 1.09 bits per heavy atom. The minimum absolute atomic E-state index is 0.156. The normalized spacial score (nSPS) is 10.9. The number of benzene rings is 2. The second kappa shape index (κ2) is 5.82. The second-order valence-electron chi connectivity index (χ2n) is 4.27. The first-order chi connectivity index (χ1) is 10.3. The third kappa shape index (κ3) is 3.20. The summed E-state index contributed by atoms with van der Waals surface area (Å²) in [5.41, 5.74) is 4.93. The predicted molar refractivity (Wildman–Crippen MR) is 78.9 cm³/mol. The zero-order chi connectivity index (χ0) is 16.3. The van der Waals surface area contributed by atoms with Gasteiger partial charge in [0.25, 0.3) is 15.7 Å². The van der Waals surface area contributed by atoms with Crippen LogP contribution in [-0.2, 0) is 10.0 Å². The van der Waals surface area contributed by atoms with Crippen LogP contribution in [0.5, 0.6) is 0 Å². The van der Waals surface area contributed by atoms with E-state index in [4.69, 9.17) is 5.73 Å². The molecular weight excluding hydrogens is 310 g/mol. The van der Waals surface area contributed by atoms with Crippen molar-refractivity contribution in [2.45, 2.75) is 4.90 Å². The fourth-order valence-corrected chi connectivity index (χ4v) is 2.98. The zero-order valence-electron chi connectivity index (χ0n) is 11.1. The molecule has 2 rings (SSSR count). The molecule has 0 heterocycles. The average Bonchev–Trinajstić information content (AvgIpc) is 2.47. The van der Waals surface area contributed by atoms with Crippen LogP contribution in [0.15, 0.2) is 53.4 Å². The summed E-state index contributed by atoms with van der Waals surface area (Å²) in [7, 11) is -4.13. The van der Waals surface area contributed by atoms with E-state index in [9.17, 15) is 23.3 Å². The molecule has 0 saturated heterocycles. The molecule has 0 aromatic heterocycles. The van der Waals surface area contributed by atoms with Crippen LogP contribution in [0.2, 0.25) is 0 Å². The van der Waals surface area contributed by atoms with E-state index in [1.807, 2.05) is 0 Å². The number of nitrogens with one attached hydrogen (secondary N) is 1. The number of amides is 1. The van der Waals surface area contributed by atoms with Crippen LogP contribution >= 0.6 is 0 Å². The summed E-state index contributed by atoms with van der Waals surface area (Å²) in [5, 5.41) is 10.9. The van der Waals surface area contributed by atoms with Gasteiger partial charge in [-0.1, -0.05) is 12.1 Å². The number of hydrogen-bond donors (Lipinski definition) is 2. The Labute approximate surface area is 125 Å². The lowest BCUT2D eigenvalue weighted by atomic mass is 10.2. The monoisotopic (exact) mass is 321 g/mol. The number of nitrogens with two attached hydrogens (primary N) is 1. The maximum absolute atomic E-state index is 12.2. The first kappa shape index (κ1) is 15.4. The molecule has 22 heavy (non-hydrogen) atoms. The molecular formula is C13H11N3O5S. The first-order valence-corrected chi connectivity index (χ1v) is 7.46. The summed E-state index contributed by atoms with van der Waals surface area (Å²) in [6.07, 6.45) is 0. The summed E-state index contributed by atoms with van der Waals surface area (Å²) in [5.74, 6) is -0.645. The standard InChI is InChI=1S/C13H11N3O5S/c14-13(17)9-5-7-10(8-6-9)15-22(20,21)12-4-2-1-3-11(12)16(18)19/h1-8,15H,(H2,14,17). The van der Waals surface area contributed by atoms with E-state index in [0.717, 1.165) is 12.1 Å². The predicted octanol–water partition coefficient (Wildman–Crippen LogP) is 1.49. The highest BCUT2D eigenvalue weighted by Crippen LogP contribution is 2.25. The molecule has 2 aromatic rings. The number of hydrogen-bond acceptors (Lipinski definition) is 5. The molecule has 8 nitrogen and oxygen atoms in total. The Balaban J connectivity index is 2.36. The number of nitro groups is 1. The van der Waals surface area contributed by atoms with Crippen LogP contribution < -0.4 is 10.5 Å². The number of nitrogens with zero attached hydrogens (tertiary/aromatic N) is 1. The molecule has 0 radical (unpaired) electrons. The quantitative estimate of drug-likeness (QED) is 0.636. The third-order valence-corrected chi connectivity index (χ3v) is 4.20. The van der Waals surface area contributed by atoms with Crippen molar-refractivity contribution < 1.29 is 18.1 Å². The Kier molecular flexibility index (Phi) is 4.08. The zero-order valence-corrected chi connectivity index (χ0v) is 11.9. The fourth-order valence-electron chi connectivity index (χ4n) is 1.75. The fraction of sp³-hybridized carbons (Fsp3) is 0. The maximum Gasteiger partial charge on any atom is 0.289 e. The Morgan fingerprint density at radius 3 is 2.23 bits per heavy atom. The Morgan fingerprint density at radius 2 is 1.68 bits per heavy atom. The van der Waals surface area contributed by atoms with Crippen molar-refractivity contribution in [1.82, 2.24) is 0 Å².